The number of thioether (sulfide) groups is 1. The first-order valence-electron chi connectivity index (χ1n) is 8.41. The van der Waals surface area contributed by atoms with Gasteiger partial charge in [0.25, 0.3) is 0 Å². The molecule has 0 aromatic heterocycles. The van der Waals surface area contributed by atoms with Crippen molar-refractivity contribution in [2.24, 2.45) is 5.92 Å². The van der Waals surface area contributed by atoms with Gasteiger partial charge in [-0.05, 0) is 50.8 Å². The second-order valence-electron chi connectivity index (χ2n) is 6.98. The molecule has 1 unspecified atom stereocenters. The van der Waals surface area contributed by atoms with Crippen LogP contribution in [-0.4, -0.2) is 11.3 Å². The summed E-state index contributed by atoms with van der Waals surface area (Å²) < 4.78 is 0. The minimum Gasteiger partial charge on any atom is -0.308 e. The quantitative estimate of drug-likeness (QED) is 0.571. The topological polar surface area (TPSA) is 12.0 Å². The Morgan fingerprint density at radius 1 is 1.10 bits per heavy atom. The van der Waals surface area contributed by atoms with Gasteiger partial charge in [0, 0.05) is 22.7 Å². The summed E-state index contributed by atoms with van der Waals surface area (Å²) in [5.74, 6) is 2.13. The van der Waals surface area contributed by atoms with Crippen LogP contribution < -0.4 is 5.32 Å². The smallest absolute Gasteiger partial charge is 0.0210 e. The monoisotopic (exact) mass is 307 g/mol. The molecule has 1 rings (SSSR count). The Kier molecular flexibility index (Phi) is 8.43. The van der Waals surface area contributed by atoms with Crippen molar-refractivity contribution in [1.82, 2.24) is 5.32 Å². The zero-order chi connectivity index (χ0) is 15.7. The fourth-order valence-corrected chi connectivity index (χ4v) is 3.34. The van der Waals surface area contributed by atoms with Crippen LogP contribution in [0.5, 0.6) is 0 Å². The lowest BCUT2D eigenvalue weighted by Crippen LogP contribution is -2.35. The van der Waals surface area contributed by atoms with Gasteiger partial charge < -0.3 is 5.32 Å². The van der Waals surface area contributed by atoms with E-state index in [1.54, 1.807) is 0 Å². The zero-order valence-corrected chi connectivity index (χ0v) is 15.4. The van der Waals surface area contributed by atoms with Crippen LogP contribution in [0.15, 0.2) is 29.2 Å². The van der Waals surface area contributed by atoms with E-state index in [1.807, 2.05) is 11.8 Å². The van der Waals surface area contributed by atoms with Crippen LogP contribution >= 0.6 is 11.8 Å². The number of hydrogen-bond acceptors (Lipinski definition) is 2. The van der Waals surface area contributed by atoms with Crippen LogP contribution in [0, 0.1) is 5.92 Å². The Bertz CT molecular complexity index is 378. The van der Waals surface area contributed by atoms with Crippen molar-refractivity contribution < 1.29 is 0 Å². The Labute approximate surface area is 136 Å². The Morgan fingerprint density at radius 2 is 1.76 bits per heavy atom. The van der Waals surface area contributed by atoms with Crippen molar-refractivity contribution in [2.75, 3.05) is 5.75 Å². The zero-order valence-electron chi connectivity index (χ0n) is 14.5. The summed E-state index contributed by atoms with van der Waals surface area (Å²) in [7, 11) is 0. The molecule has 2 heteroatoms. The Morgan fingerprint density at radius 3 is 2.29 bits per heavy atom. The molecule has 120 valence electrons. The Hall–Kier alpha value is -0.470. The van der Waals surface area contributed by atoms with E-state index in [2.05, 4.69) is 64.2 Å². The van der Waals surface area contributed by atoms with E-state index in [0.717, 1.165) is 12.5 Å². The van der Waals surface area contributed by atoms with E-state index in [9.17, 15) is 0 Å². The van der Waals surface area contributed by atoms with Gasteiger partial charge in [0.2, 0.25) is 0 Å². The lowest BCUT2D eigenvalue weighted by atomic mass is 10.0. The fraction of sp³-hybridized carbons (Fsp3) is 0.684. The van der Waals surface area contributed by atoms with Gasteiger partial charge in [-0.25, -0.2) is 0 Å². The molecule has 0 fully saturated rings. The summed E-state index contributed by atoms with van der Waals surface area (Å²) in [4.78, 5) is 1.41. The summed E-state index contributed by atoms with van der Waals surface area (Å²) in [6.07, 6.45) is 5.38. The lowest BCUT2D eigenvalue weighted by Gasteiger charge is -2.20. The van der Waals surface area contributed by atoms with Crippen LogP contribution in [0.1, 0.15) is 65.9 Å². The highest BCUT2D eigenvalue weighted by atomic mass is 32.2. The van der Waals surface area contributed by atoms with E-state index in [-0.39, 0.29) is 5.54 Å². The summed E-state index contributed by atoms with van der Waals surface area (Å²) in [6.45, 7) is 12.2. The van der Waals surface area contributed by atoms with E-state index in [0.29, 0.717) is 0 Å². The molecule has 0 aliphatic heterocycles. The third-order valence-electron chi connectivity index (χ3n) is 3.78. The van der Waals surface area contributed by atoms with Gasteiger partial charge in [0.15, 0.2) is 0 Å². The van der Waals surface area contributed by atoms with Crippen molar-refractivity contribution in [2.45, 2.75) is 77.3 Å². The number of benzene rings is 1. The molecule has 0 bridgehead atoms. The van der Waals surface area contributed by atoms with E-state index >= 15 is 0 Å². The molecule has 0 spiro atoms. The van der Waals surface area contributed by atoms with Crippen LogP contribution in [0.4, 0.5) is 0 Å². The SMILES string of the molecule is CCCCC(CC)CSc1ccc(CNC(C)(C)C)cc1. The average Bonchev–Trinajstić information content (AvgIpc) is 2.46. The predicted octanol–water partition coefficient (Wildman–Crippen LogP) is 5.88. The first-order valence-corrected chi connectivity index (χ1v) is 9.40. The van der Waals surface area contributed by atoms with Crippen LogP contribution in [0.3, 0.4) is 0 Å². The van der Waals surface area contributed by atoms with Crippen molar-refractivity contribution in [3.63, 3.8) is 0 Å². The van der Waals surface area contributed by atoms with Gasteiger partial charge in [0.1, 0.15) is 0 Å². The maximum Gasteiger partial charge on any atom is 0.0210 e. The second kappa shape index (κ2) is 9.53. The van der Waals surface area contributed by atoms with Crippen molar-refractivity contribution in [1.29, 1.82) is 0 Å². The van der Waals surface area contributed by atoms with E-state index in [4.69, 9.17) is 0 Å². The molecule has 1 aromatic carbocycles. The average molecular weight is 308 g/mol. The molecule has 0 amide bonds. The lowest BCUT2D eigenvalue weighted by molar-refractivity contribution is 0.424. The number of unbranched alkanes of at least 4 members (excludes halogenated alkanes) is 1. The van der Waals surface area contributed by atoms with Gasteiger partial charge in [-0.1, -0.05) is 45.2 Å². The maximum atomic E-state index is 3.53. The van der Waals surface area contributed by atoms with E-state index < -0.39 is 0 Å². The van der Waals surface area contributed by atoms with Crippen molar-refractivity contribution in [3.05, 3.63) is 29.8 Å². The van der Waals surface area contributed by atoms with Crippen LogP contribution in [0.25, 0.3) is 0 Å². The summed E-state index contributed by atoms with van der Waals surface area (Å²) in [6, 6.07) is 9.07. The molecule has 1 atom stereocenters. The van der Waals surface area contributed by atoms with Crippen LogP contribution in [0.2, 0.25) is 0 Å². The van der Waals surface area contributed by atoms with Gasteiger partial charge >= 0.3 is 0 Å². The van der Waals surface area contributed by atoms with Crippen molar-refractivity contribution in [3.8, 4) is 0 Å². The molecule has 0 aliphatic carbocycles. The second-order valence-corrected chi connectivity index (χ2v) is 8.07. The summed E-state index contributed by atoms with van der Waals surface area (Å²) >= 11 is 2.02. The van der Waals surface area contributed by atoms with E-state index in [1.165, 1.54) is 41.9 Å². The largest absolute Gasteiger partial charge is 0.308 e. The molecule has 0 saturated heterocycles. The van der Waals surface area contributed by atoms with Gasteiger partial charge in [-0.2, -0.15) is 0 Å². The molecular formula is C19H33NS. The summed E-state index contributed by atoms with van der Waals surface area (Å²) in [5, 5.41) is 3.53. The van der Waals surface area contributed by atoms with Gasteiger partial charge in [0.05, 0.1) is 0 Å². The predicted molar refractivity (Wildman–Crippen MR) is 97.1 cm³/mol. The fourth-order valence-electron chi connectivity index (χ4n) is 2.18. The summed E-state index contributed by atoms with van der Waals surface area (Å²) in [5.41, 5.74) is 1.55. The van der Waals surface area contributed by atoms with Crippen LogP contribution in [-0.2, 0) is 6.54 Å². The minimum absolute atomic E-state index is 0.182. The molecular weight excluding hydrogens is 274 g/mol. The van der Waals surface area contributed by atoms with Crippen molar-refractivity contribution >= 4 is 11.8 Å². The molecule has 0 saturated carbocycles. The first-order chi connectivity index (χ1) is 9.94. The molecule has 0 aliphatic rings. The third-order valence-corrected chi connectivity index (χ3v) is 5.02. The number of hydrogen-bond donors (Lipinski definition) is 1. The normalized spacial score (nSPS) is 13.4. The molecule has 0 radical (unpaired) electrons. The molecule has 1 nitrogen and oxygen atoms in total. The third kappa shape index (κ3) is 8.53. The number of nitrogens with one attached hydrogen (secondary N) is 1. The first kappa shape index (κ1) is 18.6. The highest BCUT2D eigenvalue weighted by Crippen LogP contribution is 2.25. The van der Waals surface area contributed by atoms with Gasteiger partial charge in [-0.15, -0.1) is 11.8 Å². The molecule has 1 N–H and O–H groups in total. The molecule has 0 heterocycles. The highest BCUT2D eigenvalue weighted by Gasteiger charge is 2.09. The molecule has 1 aromatic rings. The van der Waals surface area contributed by atoms with Gasteiger partial charge in [-0.3, -0.25) is 0 Å². The minimum atomic E-state index is 0.182. The maximum absolute atomic E-state index is 3.53. The number of rotatable bonds is 9. The standard InChI is InChI=1S/C19H33NS/c1-6-8-9-16(7-2)15-21-18-12-10-17(11-13-18)14-20-19(3,4)5/h10-13,16,20H,6-9,14-15H2,1-5H3. The molecule has 21 heavy (non-hydrogen) atoms. The highest BCUT2D eigenvalue weighted by molar-refractivity contribution is 7.99. The Balaban J connectivity index is 2.39.